The van der Waals surface area contributed by atoms with Gasteiger partial charge in [-0.05, 0) is 43.9 Å². The molecule has 1 aromatic carbocycles. The van der Waals surface area contributed by atoms with Crippen molar-refractivity contribution in [3.05, 3.63) is 29.3 Å². The van der Waals surface area contributed by atoms with Crippen LogP contribution < -0.4 is 4.90 Å². The fraction of sp³-hybridized carbons (Fsp3) is 0.714. The first-order valence-electron chi connectivity index (χ1n) is 10.2. The summed E-state index contributed by atoms with van der Waals surface area (Å²) in [7, 11) is 0. The van der Waals surface area contributed by atoms with Gasteiger partial charge in [0.2, 0.25) is 0 Å². The van der Waals surface area contributed by atoms with Crippen LogP contribution in [0.4, 0.5) is 5.69 Å². The van der Waals surface area contributed by atoms with Crippen molar-refractivity contribution in [2.45, 2.75) is 44.9 Å². The largest absolute Gasteiger partial charge is 0.390 e. The highest BCUT2D eigenvalue weighted by molar-refractivity contribution is 5.56. The second-order valence-electron chi connectivity index (χ2n) is 8.17. The molecule has 4 rings (SSSR count). The molecular formula is C21H33N3O2. The highest BCUT2D eigenvalue weighted by Gasteiger charge is 2.39. The maximum Gasteiger partial charge on any atom is 0.0834 e. The predicted molar refractivity (Wildman–Crippen MR) is 105 cm³/mol. The van der Waals surface area contributed by atoms with E-state index in [0.29, 0.717) is 6.04 Å². The van der Waals surface area contributed by atoms with Crippen molar-refractivity contribution >= 4 is 5.69 Å². The maximum absolute atomic E-state index is 10.6. The number of morpholine rings is 1. The smallest absolute Gasteiger partial charge is 0.0834 e. The summed E-state index contributed by atoms with van der Waals surface area (Å²) in [5, 5.41) is 10.6. The molecule has 3 aliphatic rings. The van der Waals surface area contributed by atoms with Crippen LogP contribution in [0.2, 0.25) is 0 Å². The van der Waals surface area contributed by atoms with Crippen LogP contribution in [0.1, 0.15) is 24.0 Å². The Morgan fingerprint density at radius 3 is 2.42 bits per heavy atom. The van der Waals surface area contributed by atoms with Crippen molar-refractivity contribution in [1.29, 1.82) is 0 Å². The average molecular weight is 360 g/mol. The van der Waals surface area contributed by atoms with E-state index >= 15 is 0 Å². The molecule has 144 valence electrons. The van der Waals surface area contributed by atoms with Gasteiger partial charge in [0.25, 0.3) is 0 Å². The number of nitrogens with zero attached hydrogens (tertiary/aromatic N) is 3. The van der Waals surface area contributed by atoms with Crippen molar-refractivity contribution < 1.29 is 9.84 Å². The van der Waals surface area contributed by atoms with Crippen molar-refractivity contribution in [2.75, 3.05) is 57.4 Å². The third-order valence-electron chi connectivity index (χ3n) is 6.70. The van der Waals surface area contributed by atoms with Gasteiger partial charge in [0.1, 0.15) is 0 Å². The van der Waals surface area contributed by atoms with Gasteiger partial charge in [0.05, 0.1) is 19.3 Å². The summed E-state index contributed by atoms with van der Waals surface area (Å²) < 4.78 is 5.47. The molecule has 0 saturated carbocycles. The number of rotatable bonds is 3. The quantitative estimate of drug-likeness (QED) is 0.889. The summed E-state index contributed by atoms with van der Waals surface area (Å²) in [6.07, 6.45) is 2.16. The van der Waals surface area contributed by atoms with E-state index < -0.39 is 0 Å². The first kappa shape index (κ1) is 18.2. The third-order valence-corrected chi connectivity index (χ3v) is 6.70. The van der Waals surface area contributed by atoms with Gasteiger partial charge < -0.3 is 14.7 Å². The first-order chi connectivity index (χ1) is 12.6. The Hall–Kier alpha value is -1.14. The van der Waals surface area contributed by atoms with Gasteiger partial charge >= 0.3 is 0 Å². The number of aliphatic hydroxyl groups is 1. The molecule has 0 spiro atoms. The van der Waals surface area contributed by atoms with Gasteiger partial charge in [-0.25, -0.2) is 0 Å². The van der Waals surface area contributed by atoms with E-state index in [9.17, 15) is 5.11 Å². The molecule has 1 aromatic rings. The van der Waals surface area contributed by atoms with Crippen molar-refractivity contribution in [1.82, 2.24) is 9.80 Å². The Labute approximate surface area is 157 Å². The number of anilines is 1. The minimum atomic E-state index is -0.217. The lowest BCUT2D eigenvalue weighted by molar-refractivity contribution is -0.00629. The van der Waals surface area contributed by atoms with Crippen molar-refractivity contribution in [3.63, 3.8) is 0 Å². The van der Waals surface area contributed by atoms with Crippen LogP contribution in [0.15, 0.2) is 18.2 Å². The van der Waals surface area contributed by atoms with E-state index in [2.05, 4.69) is 46.7 Å². The number of aryl methyl sites for hydroxylation is 1. The van der Waals surface area contributed by atoms with E-state index in [4.69, 9.17) is 4.74 Å². The minimum Gasteiger partial charge on any atom is -0.390 e. The number of hydrogen-bond acceptors (Lipinski definition) is 5. The zero-order chi connectivity index (χ0) is 18.1. The zero-order valence-corrected chi connectivity index (χ0v) is 16.2. The molecule has 0 aliphatic carbocycles. The van der Waals surface area contributed by atoms with Crippen molar-refractivity contribution in [3.8, 4) is 0 Å². The minimum absolute atomic E-state index is 0.217. The number of β-amino-alcohol motifs (C(OH)–C–C–N with tert-alkyl or cyclic N) is 1. The summed E-state index contributed by atoms with van der Waals surface area (Å²) in [5.74, 6) is 0. The fourth-order valence-corrected chi connectivity index (χ4v) is 4.91. The van der Waals surface area contributed by atoms with E-state index in [1.165, 1.54) is 29.7 Å². The summed E-state index contributed by atoms with van der Waals surface area (Å²) in [4.78, 5) is 7.52. The van der Waals surface area contributed by atoms with Gasteiger partial charge in [0.15, 0.2) is 0 Å². The molecule has 0 amide bonds. The number of likely N-dealkylation sites (tertiary alicyclic amines) is 1. The molecule has 0 aromatic heterocycles. The summed E-state index contributed by atoms with van der Waals surface area (Å²) in [6, 6.07) is 7.53. The molecule has 3 aliphatic heterocycles. The second-order valence-corrected chi connectivity index (χ2v) is 8.17. The van der Waals surface area contributed by atoms with E-state index in [1.807, 2.05) is 0 Å². The van der Waals surface area contributed by atoms with E-state index in [1.54, 1.807) is 0 Å². The number of hydrogen-bond donors (Lipinski definition) is 1. The number of aliphatic hydroxyl groups excluding tert-OH is 1. The van der Waals surface area contributed by atoms with Crippen LogP contribution in [-0.2, 0) is 4.74 Å². The van der Waals surface area contributed by atoms with E-state index in [-0.39, 0.29) is 12.1 Å². The second kappa shape index (κ2) is 7.85. The molecule has 0 radical (unpaired) electrons. The SMILES string of the molecule is Cc1cccc(N2CCC(N3C[C@H](O)[C@@H](N4CCOCC4)C3)CC2)c1C. The number of piperidine rings is 1. The Morgan fingerprint density at radius 2 is 1.69 bits per heavy atom. The van der Waals surface area contributed by atoms with E-state index in [0.717, 1.165) is 52.5 Å². The lowest BCUT2D eigenvalue weighted by Gasteiger charge is -2.39. The lowest BCUT2D eigenvalue weighted by Crippen LogP contribution is -2.49. The summed E-state index contributed by atoms with van der Waals surface area (Å²) in [6.45, 7) is 12.0. The molecule has 5 nitrogen and oxygen atoms in total. The standard InChI is InChI=1S/C21H33N3O2/c1-16-4-3-5-19(17(16)2)22-8-6-18(7-9-22)24-14-20(21(25)15-24)23-10-12-26-13-11-23/h3-5,18,20-21,25H,6-15H2,1-2H3/t20-,21-/m0/s1. The Bertz CT molecular complexity index is 609. The molecule has 3 fully saturated rings. The molecular weight excluding hydrogens is 326 g/mol. The van der Waals surface area contributed by atoms with Crippen LogP contribution in [0.3, 0.4) is 0 Å². The summed E-state index contributed by atoms with van der Waals surface area (Å²) >= 11 is 0. The van der Waals surface area contributed by atoms with Crippen LogP contribution in [-0.4, -0.2) is 85.6 Å². The lowest BCUT2D eigenvalue weighted by atomic mass is 10.0. The monoisotopic (exact) mass is 359 g/mol. The normalized spacial score (nSPS) is 29.4. The molecule has 1 N–H and O–H groups in total. The van der Waals surface area contributed by atoms with Gasteiger partial charge in [-0.3, -0.25) is 9.80 Å². The fourth-order valence-electron chi connectivity index (χ4n) is 4.91. The molecule has 0 unspecified atom stereocenters. The van der Waals surface area contributed by atoms with Crippen LogP contribution in [0.25, 0.3) is 0 Å². The number of benzene rings is 1. The highest BCUT2D eigenvalue weighted by atomic mass is 16.5. The van der Waals surface area contributed by atoms with Gasteiger partial charge in [-0.2, -0.15) is 0 Å². The van der Waals surface area contributed by atoms with Gasteiger partial charge in [-0.15, -0.1) is 0 Å². The average Bonchev–Trinajstić information content (AvgIpc) is 3.07. The third kappa shape index (κ3) is 3.63. The Balaban J connectivity index is 1.34. The molecule has 0 bridgehead atoms. The van der Waals surface area contributed by atoms with Crippen molar-refractivity contribution in [2.24, 2.45) is 0 Å². The van der Waals surface area contributed by atoms with Gasteiger partial charge in [0, 0.05) is 57.0 Å². The van der Waals surface area contributed by atoms with Gasteiger partial charge in [-0.1, -0.05) is 12.1 Å². The molecule has 3 heterocycles. The van der Waals surface area contributed by atoms with Crippen LogP contribution >= 0.6 is 0 Å². The number of ether oxygens (including phenoxy) is 1. The Kier molecular flexibility index (Phi) is 5.50. The molecule has 3 saturated heterocycles. The predicted octanol–water partition coefficient (Wildman–Crippen LogP) is 1.65. The Morgan fingerprint density at radius 1 is 0.962 bits per heavy atom. The maximum atomic E-state index is 10.6. The summed E-state index contributed by atoms with van der Waals surface area (Å²) in [5.41, 5.74) is 4.19. The first-order valence-corrected chi connectivity index (χ1v) is 10.2. The highest BCUT2D eigenvalue weighted by Crippen LogP contribution is 2.29. The molecule has 2 atom stereocenters. The topological polar surface area (TPSA) is 39.2 Å². The van der Waals surface area contributed by atoms with Crippen LogP contribution in [0, 0.1) is 13.8 Å². The zero-order valence-electron chi connectivity index (χ0n) is 16.2. The molecule has 5 heteroatoms. The molecule has 26 heavy (non-hydrogen) atoms. The van der Waals surface area contributed by atoms with Crippen LogP contribution in [0.5, 0.6) is 0 Å².